The Morgan fingerprint density at radius 2 is 1.81 bits per heavy atom. The highest BCUT2D eigenvalue weighted by molar-refractivity contribution is 6.09. The number of aromatic nitrogens is 1. The van der Waals surface area contributed by atoms with Crippen molar-refractivity contribution in [2.45, 2.75) is 40.0 Å². The molecule has 1 heterocycles. The number of nitrogens with one attached hydrogen (secondary N) is 1. The summed E-state index contributed by atoms with van der Waals surface area (Å²) in [5.41, 5.74) is 5.93. The first-order valence-corrected chi connectivity index (χ1v) is 10.8. The summed E-state index contributed by atoms with van der Waals surface area (Å²) in [5.74, 6) is 0.257. The van der Waals surface area contributed by atoms with E-state index < -0.39 is 5.91 Å². The molecule has 1 N–H and O–H groups in total. The Morgan fingerprint density at radius 3 is 2.41 bits per heavy atom. The maximum Gasteiger partial charge on any atom is 0.266 e. The van der Waals surface area contributed by atoms with Crippen molar-refractivity contribution in [3.05, 3.63) is 82.7 Å². The summed E-state index contributed by atoms with van der Waals surface area (Å²) in [7, 11) is 1.58. The van der Waals surface area contributed by atoms with Gasteiger partial charge in [0.05, 0.1) is 7.11 Å². The zero-order chi connectivity index (χ0) is 23.1. The van der Waals surface area contributed by atoms with E-state index in [9.17, 15) is 10.1 Å². The Balaban J connectivity index is 1.83. The van der Waals surface area contributed by atoms with E-state index in [1.54, 1.807) is 37.5 Å². The Morgan fingerprint density at radius 1 is 1.12 bits per heavy atom. The Kier molecular flexibility index (Phi) is 7.51. The van der Waals surface area contributed by atoms with Crippen LogP contribution in [0.1, 0.15) is 42.3 Å². The van der Waals surface area contributed by atoms with Gasteiger partial charge < -0.3 is 14.6 Å². The largest absolute Gasteiger partial charge is 0.497 e. The van der Waals surface area contributed by atoms with Crippen LogP contribution in [0.4, 0.5) is 5.69 Å². The first-order chi connectivity index (χ1) is 15.5. The van der Waals surface area contributed by atoms with E-state index in [2.05, 4.69) is 41.1 Å². The maximum atomic E-state index is 12.7. The second kappa shape index (κ2) is 10.5. The van der Waals surface area contributed by atoms with Crippen LogP contribution in [-0.2, 0) is 11.2 Å². The number of anilines is 1. The van der Waals surface area contributed by atoms with Crippen molar-refractivity contribution in [2.75, 3.05) is 12.4 Å². The van der Waals surface area contributed by atoms with Crippen molar-refractivity contribution in [1.82, 2.24) is 4.57 Å². The molecule has 5 nitrogen and oxygen atoms in total. The van der Waals surface area contributed by atoms with E-state index in [0.717, 1.165) is 29.1 Å². The number of methoxy groups -OCH3 is 1. The molecule has 3 aromatic rings. The Labute approximate surface area is 190 Å². The SMILES string of the molecule is CCCCc1ccc(-n2c(C)cc(/C=C(/C#N)C(=O)Nc3ccc(OC)cc3)c2C)cc1. The van der Waals surface area contributed by atoms with E-state index in [4.69, 9.17) is 4.74 Å². The monoisotopic (exact) mass is 427 g/mol. The number of nitriles is 1. The highest BCUT2D eigenvalue weighted by Crippen LogP contribution is 2.24. The van der Waals surface area contributed by atoms with Gasteiger partial charge >= 0.3 is 0 Å². The van der Waals surface area contributed by atoms with Gasteiger partial charge in [0.15, 0.2) is 0 Å². The average molecular weight is 428 g/mol. The highest BCUT2D eigenvalue weighted by atomic mass is 16.5. The molecule has 0 aliphatic carbocycles. The summed E-state index contributed by atoms with van der Waals surface area (Å²) in [6.45, 7) is 6.22. The average Bonchev–Trinajstić information content (AvgIpc) is 3.09. The summed E-state index contributed by atoms with van der Waals surface area (Å²) in [6, 6.07) is 19.6. The predicted octanol–water partition coefficient (Wildman–Crippen LogP) is 5.99. The molecule has 2 aromatic carbocycles. The van der Waals surface area contributed by atoms with Crippen LogP contribution in [-0.4, -0.2) is 17.6 Å². The zero-order valence-electron chi connectivity index (χ0n) is 19.1. The minimum Gasteiger partial charge on any atom is -0.497 e. The molecule has 0 fully saturated rings. The van der Waals surface area contributed by atoms with E-state index in [-0.39, 0.29) is 5.57 Å². The number of hydrogen-bond donors (Lipinski definition) is 1. The van der Waals surface area contributed by atoms with Crippen LogP contribution in [0.5, 0.6) is 5.75 Å². The van der Waals surface area contributed by atoms with Crippen molar-refractivity contribution >= 4 is 17.7 Å². The molecule has 0 atom stereocenters. The van der Waals surface area contributed by atoms with Gasteiger partial charge in [0.1, 0.15) is 17.4 Å². The first-order valence-electron chi connectivity index (χ1n) is 10.8. The number of carbonyl (C=O) groups excluding carboxylic acids is 1. The van der Waals surface area contributed by atoms with Gasteiger partial charge in [-0.05, 0) is 86.4 Å². The van der Waals surface area contributed by atoms with Gasteiger partial charge in [-0.25, -0.2) is 0 Å². The van der Waals surface area contributed by atoms with Gasteiger partial charge in [-0.15, -0.1) is 0 Å². The van der Waals surface area contributed by atoms with Gasteiger partial charge in [-0.1, -0.05) is 25.5 Å². The van der Waals surface area contributed by atoms with Gasteiger partial charge in [-0.3, -0.25) is 4.79 Å². The van der Waals surface area contributed by atoms with Gasteiger partial charge in [0.25, 0.3) is 5.91 Å². The van der Waals surface area contributed by atoms with Crippen LogP contribution >= 0.6 is 0 Å². The number of ether oxygens (including phenoxy) is 1. The summed E-state index contributed by atoms with van der Waals surface area (Å²) >= 11 is 0. The fraction of sp³-hybridized carbons (Fsp3) is 0.259. The lowest BCUT2D eigenvalue weighted by atomic mass is 10.1. The number of aryl methyl sites for hydroxylation is 2. The third-order valence-electron chi connectivity index (χ3n) is 5.50. The normalized spacial score (nSPS) is 11.2. The number of hydrogen-bond acceptors (Lipinski definition) is 3. The molecule has 0 spiro atoms. The Hall–Kier alpha value is -3.78. The quantitative estimate of drug-likeness (QED) is 0.355. The summed E-state index contributed by atoms with van der Waals surface area (Å²) in [6.07, 6.45) is 5.10. The molecule has 0 aliphatic rings. The second-order valence-electron chi connectivity index (χ2n) is 7.78. The number of benzene rings is 2. The molecule has 5 heteroatoms. The minimum atomic E-state index is -0.442. The van der Waals surface area contributed by atoms with Crippen LogP contribution in [0.3, 0.4) is 0 Å². The fourth-order valence-electron chi connectivity index (χ4n) is 3.70. The van der Waals surface area contributed by atoms with Crippen molar-refractivity contribution in [3.8, 4) is 17.5 Å². The molecule has 0 aliphatic heterocycles. The smallest absolute Gasteiger partial charge is 0.266 e. The topological polar surface area (TPSA) is 67.0 Å². The lowest BCUT2D eigenvalue weighted by Crippen LogP contribution is -2.13. The minimum absolute atomic E-state index is 0.0518. The molecule has 0 saturated carbocycles. The van der Waals surface area contributed by atoms with Gasteiger partial charge in [-0.2, -0.15) is 5.26 Å². The number of unbranched alkanes of at least 4 members (excludes halogenated alkanes) is 1. The molecule has 0 unspecified atom stereocenters. The van der Waals surface area contributed by atoms with Crippen LogP contribution in [0, 0.1) is 25.2 Å². The van der Waals surface area contributed by atoms with E-state index >= 15 is 0 Å². The van der Waals surface area contributed by atoms with Crippen LogP contribution in [0.2, 0.25) is 0 Å². The zero-order valence-corrected chi connectivity index (χ0v) is 19.1. The molecular formula is C27H29N3O2. The lowest BCUT2D eigenvalue weighted by Gasteiger charge is -2.11. The standard InChI is InChI=1S/C27H29N3O2/c1-5-6-7-21-8-12-25(13-9-21)30-19(2)16-22(20(30)3)17-23(18-28)27(31)29-24-10-14-26(32-4)15-11-24/h8-17H,5-7H2,1-4H3,(H,29,31)/b23-17-. The molecular weight excluding hydrogens is 398 g/mol. The van der Waals surface area contributed by atoms with Crippen LogP contribution < -0.4 is 10.1 Å². The highest BCUT2D eigenvalue weighted by Gasteiger charge is 2.14. The van der Waals surface area contributed by atoms with Crippen molar-refractivity contribution in [3.63, 3.8) is 0 Å². The van der Waals surface area contributed by atoms with Crippen molar-refractivity contribution in [1.29, 1.82) is 5.26 Å². The molecule has 3 rings (SSSR count). The summed E-state index contributed by atoms with van der Waals surface area (Å²) < 4.78 is 7.27. The Bertz CT molecular complexity index is 1150. The lowest BCUT2D eigenvalue weighted by molar-refractivity contribution is -0.112. The van der Waals surface area contributed by atoms with Crippen LogP contribution in [0.25, 0.3) is 11.8 Å². The third-order valence-corrected chi connectivity index (χ3v) is 5.50. The number of carbonyl (C=O) groups is 1. The van der Waals surface area contributed by atoms with Crippen molar-refractivity contribution < 1.29 is 9.53 Å². The van der Waals surface area contributed by atoms with E-state index in [1.807, 2.05) is 26.0 Å². The maximum absolute atomic E-state index is 12.7. The number of rotatable bonds is 8. The van der Waals surface area contributed by atoms with Gasteiger partial charge in [0.2, 0.25) is 0 Å². The van der Waals surface area contributed by atoms with Gasteiger partial charge in [0, 0.05) is 22.8 Å². The number of amides is 1. The van der Waals surface area contributed by atoms with E-state index in [1.165, 1.54) is 18.4 Å². The molecule has 0 saturated heterocycles. The molecule has 32 heavy (non-hydrogen) atoms. The molecule has 164 valence electrons. The molecule has 1 aromatic heterocycles. The van der Waals surface area contributed by atoms with Crippen LogP contribution in [0.15, 0.2) is 60.2 Å². The fourth-order valence-corrected chi connectivity index (χ4v) is 3.70. The molecule has 1 amide bonds. The summed E-state index contributed by atoms with van der Waals surface area (Å²) in [4.78, 5) is 12.7. The third kappa shape index (κ3) is 5.28. The second-order valence-corrected chi connectivity index (χ2v) is 7.78. The van der Waals surface area contributed by atoms with Crippen molar-refractivity contribution in [2.24, 2.45) is 0 Å². The summed E-state index contributed by atoms with van der Waals surface area (Å²) in [5, 5.41) is 12.4. The molecule has 0 bridgehead atoms. The van der Waals surface area contributed by atoms with E-state index in [0.29, 0.717) is 11.4 Å². The predicted molar refractivity (Wildman–Crippen MR) is 129 cm³/mol. The first kappa shape index (κ1) is 22.9. The number of nitrogens with zero attached hydrogens (tertiary/aromatic N) is 2. The molecule has 0 radical (unpaired) electrons.